The Labute approximate surface area is 218 Å². The molecule has 0 aromatic heterocycles. The summed E-state index contributed by atoms with van der Waals surface area (Å²) < 4.78 is 16.3. The molecule has 0 amide bonds. The number of β-amino-alcohol motifs (C(OH)–C–C–N with tert-alkyl or cyclic N) is 1. The Balaban J connectivity index is 1.21. The second kappa shape index (κ2) is 12.9. The van der Waals surface area contributed by atoms with E-state index in [1.165, 1.54) is 11.8 Å². The molecule has 0 aliphatic carbocycles. The van der Waals surface area contributed by atoms with Gasteiger partial charge in [-0.15, -0.1) is 0 Å². The van der Waals surface area contributed by atoms with E-state index in [-0.39, 0.29) is 12.4 Å². The minimum atomic E-state index is -0.589. The lowest BCUT2D eigenvalue weighted by molar-refractivity contribution is 0.0663. The highest BCUT2D eigenvalue weighted by Crippen LogP contribution is 2.28. The zero-order valence-electron chi connectivity index (χ0n) is 21.4. The Morgan fingerprint density at radius 1 is 0.919 bits per heavy atom. The summed E-state index contributed by atoms with van der Waals surface area (Å²) in [6.45, 7) is 4.45. The Bertz CT molecular complexity index is 1170. The van der Waals surface area contributed by atoms with Crippen LogP contribution in [0.3, 0.4) is 0 Å². The van der Waals surface area contributed by atoms with E-state index in [1.54, 1.807) is 50.6 Å². The number of hydrogen-bond donors (Lipinski definition) is 1. The van der Waals surface area contributed by atoms with Gasteiger partial charge in [0.2, 0.25) is 0 Å². The molecule has 1 fully saturated rings. The van der Waals surface area contributed by atoms with Crippen LogP contribution < -0.4 is 19.1 Å². The summed E-state index contributed by atoms with van der Waals surface area (Å²) in [6, 6.07) is 22.8. The first-order valence-corrected chi connectivity index (χ1v) is 12.4. The van der Waals surface area contributed by atoms with Crippen molar-refractivity contribution in [3.8, 4) is 17.2 Å². The van der Waals surface area contributed by atoms with Gasteiger partial charge in [-0.3, -0.25) is 9.69 Å². The number of aliphatic hydroxyl groups is 1. The molecular formula is C30H34N2O5. The number of carbonyl (C=O) groups excluding carboxylic acids is 1. The van der Waals surface area contributed by atoms with Crippen LogP contribution in [0.25, 0.3) is 6.08 Å². The maximum absolute atomic E-state index is 12.6. The van der Waals surface area contributed by atoms with E-state index in [2.05, 4.69) is 34.1 Å². The number of carbonyl (C=O) groups is 1. The highest BCUT2D eigenvalue weighted by molar-refractivity contribution is 6.06. The number of piperazine rings is 1. The zero-order chi connectivity index (χ0) is 26.0. The molecule has 7 nitrogen and oxygen atoms in total. The fraction of sp³-hybridized carbons (Fsp3) is 0.300. The fourth-order valence-electron chi connectivity index (χ4n) is 4.31. The predicted molar refractivity (Wildman–Crippen MR) is 146 cm³/mol. The van der Waals surface area contributed by atoms with Crippen LogP contribution in [0.4, 0.5) is 5.69 Å². The summed E-state index contributed by atoms with van der Waals surface area (Å²) >= 11 is 0. The van der Waals surface area contributed by atoms with Crippen LogP contribution in [0.2, 0.25) is 0 Å². The molecule has 4 rings (SSSR count). The van der Waals surface area contributed by atoms with Gasteiger partial charge in [0, 0.05) is 44.0 Å². The van der Waals surface area contributed by atoms with Crippen molar-refractivity contribution < 1.29 is 24.1 Å². The molecule has 1 aliphatic heterocycles. The minimum Gasteiger partial charge on any atom is -0.493 e. The minimum absolute atomic E-state index is 0.115. The molecule has 1 unspecified atom stereocenters. The number of nitrogens with zero attached hydrogens (tertiary/aromatic N) is 2. The van der Waals surface area contributed by atoms with Crippen LogP contribution in [-0.2, 0) is 0 Å². The molecule has 1 saturated heterocycles. The third kappa shape index (κ3) is 7.35. The second-order valence-corrected chi connectivity index (χ2v) is 8.92. The maximum Gasteiger partial charge on any atom is 0.185 e. The zero-order valence-corrected chi connectivity index (χ0v) is 21.4. The first-order chi connectivity index (χ1) is 18.1. The molecular weight excluding hydrogens is 468 g/mol. The number of para-hydroxylation sites is 1. The quantitative estimate of drug-likeness (QED) is 0.312. The van der Waals surface area contributed by atoms with Gasteiger partial charge in [0.15, 0.2) is 17.3 Å². The van der Waals surface area contributed by atoms with Gasteiger partial charge < -0.3 is 24.2 Å². The van der Waals surface area contributed by atoms with Crippen molar-refractivity contribution in [2.24, 2.45) is 0 Å². The molecule has 37 heavy (non-hydrogen) atoms. The van der Waals surface area contributed by atoms with Gasteiger partial charge in [-0.05, 0) is 60.2 Å². The standard InChI is InChI=1S/C30H34N2O5/c1-35-29-15-9-23(20-30(29)36-2)8-14-28(34)24-10-12-27(13-11-24)37-22-26(33)21-31-16-18-32(19-17-31)25-6-4-3-5-7-25/h3-15,20,26,33H,16-19,21-22H2,1-2H3. The summed E-state index contributed by atoms with van der Waals surface area (Å²) in [5.41, 5.74) is 2.63. The summed E-state index contributed by atoms with van der Waals surface area (Å²) in [7, 11) is 3.16. The fourth-order valence-corrected chi connectivity index (χ4v) is 4.31. The molecule has 1 heterocycles. The summed E-state index contributed by atoms with van der Waals surface area (Å²) in [5, 5.41) is 10.5. The lowest BCUT2D eigenvalue weighted by Gasteiger charge is -2.36. The number of benzene rings is 3. The number of aliphatic hydroxyl groups excluding tert-OH is 1. The van der Waals surface area contributed by atoms with Gasteiger partial charge in [0.1, 0.15) is 18.5 Å². The van der Waals surface area contributed by atoms with Crippen LogP contribution in [0.5, 0.6) is 17.2 Å². The molecule has 0 bridgehead atoms. The van der Waals surface area contributed by atoms with E-state index in [1.807, 2.05) is 18.2 Å². The molecule has 3 aromatic rings. The Hall–Kier alpha value is -3.81. The Kier molecular flexibility index (Phi) is 9.18. The number of ketones is 1. The first-order valence-electron chi connectivity index (χ1n) is 12.4. The van der Waals surface area contributed by atoms with Gasteiger partial charge in [-0.2, -0.15) is 0 Å². The highest BCUT2D eigenvalue weighted by atomic mass is 16.5. The van der Waals surface area contributed by atoms with E-state index in [9.17, 15) is 9.90 Å². The van der Waals surface area contributed by atoms with Gasteiger partial charge in [-0.25, -0.2) is 0 Å². The first kappa shape index (κ1) is 26.3. The monoisotopic (exact) mass is 502 g/mol. The van der Waals surface area contributed by atoms with Gasteiger partial charge in [0.25, 0.3) is 0 Å². The van der Waals surface area contributed by atoms with E-state index in [0.717, 1.165) is 31.7 Å². The molecule has 194 valence electrons. The van der Waals surface area contributed by atoms with Crippen molar-refractivity contribution in [1.29, 1.82) is 0 Å². The highest BCUT2D eigenvalue weighted by Gasteiger charge is 2.19. The van der Waals surface area contributed by atoms with E-state index in [0.29, 0.717) is 29.4 Å². The Morgan fingerprint density at radius 3 is 2.30 bits per heavy atom. The van der Waals surface area contributed by atoms with Crippen LogP contribution in [0, 0.1) is 0 Å². The molecule has 7 heteroatoms. The molecule has 0 saturated carbocycles. The molecule has 1 aliphatic rings. The van der Waals surface area contributed by atoms with Crippen molar-refractivity contribution in [3.05, 3.63) is 90.0 Å². The normalized spacial score (nSPS) is 14.9. The topological polar surface area (TPSA) is 71.5 Å². The van der Waals surface area contributed by atoms with Crippen molar-refractivity contribution in [1.82, 2.24) is 4.90 Å². The van der Waals surface area contributed by atoms with Gasteiger partial charge in [-0.1, -0.05) is 30.3 Å². The molecule has 0 spiro atoms. The Morgan fingerprint density at radius 2 is 1.62 bits per heavy atom. The van der Waals surface area contributed by atoms with E-state index < -0.39 is 6.10 Å². The largest absolute Gasteiger partial charge is 0.493 e. The van der Waals surface area contributed by atoms with Crippen LogP contribution in [0.15, 0.2) is 78.9 Å². The lowest BCUT2D eigenvalue weighted by atomic mass is 10.1. The molecule has 1 N–H and O–H groups in total. The predicted octanol–water partition coefficient (Wildman–Crippen LogP) is 4.16. The molecule has 1 atom stereocenters. The maximum atomic E-state index is 12.6. The number of rotatable bonds is 11. The average molecular weight is 503 g/mol. The number of allylic oxidation sites excluding steroid dienone is 1. The van der Waals surface area contributed by atoms with Gasteiger partial charge in [0.05, 0.1) is 14.2 Å². The molecule has 0 radical (unpaired) electrons. The van der Waals surface area contributed by atoms with E-state index >= 15 is 0 Å². The van der Waals surface area contributed by atoms with Crippen molar-refractivity contribution in [3.63, 3.8) is 0 Å². The van der Waals surface area contributed by atoms with Crippen LogP contribution in [0.1, 0.15) is 15.9 Å². The van der Waals surface area contributed by atoms with Gasteiger partial charge >= 0.3 is 0 Å². The number of methoxy groups -OCH3 is 2. The number of hydrogen-bond acceptors (Lipinski definition) is 7. The third-order valence-electron chi connectivity index (χ3n) is 6.38. The van der Waals surface area contributed by atoms with Crippen LogP contribution >= 0.6 is 0 Å². The van der Waals surface area contributed by atoms with Crippen LogP contribution in [-0.4, -0.2) is 75.4 Å². The average Bonchev–Trinajstić information content (AvgIpc) is 2.95. The molecule has 3 aromatic carbocycles. The summed E-state index contributed by atoms with van der Waals surface area (Å²) in [6.07, 6.45) is 2.68. The lowest BCUT2D eigenvalue weighted by Crippen LogP contribution is -2.49. The van der Waals surface area contributed by atoms with Crippen molar-refractivity contribution >= 4 is 17.5 Å². The second-order valence-electron chi connectivity index (χ2n) is 8.92. The van der Waals surface area contributed by atoms with Crippen molar-refractivity contribution in [2.75, 3.05) is 58.5 Å². The summed E-state index contributed by atoms with van der Waals surface area (Å²) in [5.74, 6) is 1.75. The smallest absolute Gasteiger partial charge is 0.185 e. The SMILES string of the molecule is COc1ccc(C=CC(=O)c2ccc(OCC(O)CN3CCN(c4ccccc4)CC3)cc2)cc1OC. The van der Waals surface area contributed by atoms with Crippen molar-refractivity contribution in [2.45, 2.75) is 6.10 Å². The third-order valence-corrected chi connectivity index (χ3v) is 6.38. The summed E-state index contributed by atoms with van der Waals surface area (Å²) in [4.78, 5) is 17.2. The number of ether oxygens (including phenoxy) is 3. The van der Waals surface area contributed by atoms with E-state index in [4.69, 9.17) is 14.2 Å². The number of anilines is 1.